The molecule has 2 aromatic heterocycles. The largest absolute Gasteiger partial charge is 0.317 e. The number of piperidine rings is 1. The SMILES string of the molecule is Cn1nc(C2CCNCC2)nc1-c1cccnc1. The lowest BCUT2D eigenvalue weighted by molar-refractivity contribution is 0.443. The fourth-order valence-electron chi connectivity index (χ4n) is 2.40. The molecule has 0 bridgehead atoms. The first-order chi connectivity index (χ1) is 8.84. The topological polar surface area (TPSA) is 55.6 Å². The highest BCUT2D eigenvalue weighted by atomic mass is 15.3. The number of aromatic nitrogens is 4. The van der Waals surface area contributed by atoms with Crippen molar-refractivity contribution in [2.75, 3.05) is 13.1 Å². The molecule has 1 saturated heterocycles. The van der Waals surface area contributed by atoms with Gasteiger partial charge in [-0.25, -0.2) is 9.67 Å². The zero-order chi connectivity index (χ0) is 12.4. The molecule has 5 heteroatoms. The van der Waals surface area contributed by atoms with Crippen LogP contribution in [0.5, 0.6) is 0 Å². The molecule has 3 heterocycles. The van der Waals surface area contributed by atoms with Crippen molar-refractivity contribution in [3.05, 3.63) is 30.4 Å². The Hall–Kier alpha value is -1.75. The molecule has 0 saturated carbocycles. The summed E-state index contributed by atoms with van der Waals surface area (Å²) in [6, 6.07) is 3.94. The molecular weight excluding hydrogens is 226 g/mol. The Morgan fingerprint density at radius 3 is 2.89 bits per heavy atom. The summed E-state index contributed by atoms with van der Waals surface area (Å²) in [5.74, 6) is 2.36. The summed E-state index contributed by atoms with van der Waals surface area (Å²) in [6.07, 6.45) is 5.84. The summed E-state index contributed by atoms with van der Waals surface area (Å²) in [4.78, 5) is 8.82. The lowest BCUT2D eigenvalue weighted by atomic mass is 9.98. The molecule has 1 N–H and O–H groups in total. The van der Waals surface area contributed by atoms with Crippen LogP contribution in [0, 0.1) is 0 Å². The Balaban J connectivity index is 1.91. The smallest absolute Gasteiger partial charge is 0.159 e. The molecule has 0 unspecified atom stereocenters. The van der Waals surface area contributed by atoms with E-state index in [1.165, 1.54) is 0 Å². The molecule has 5 nitrogen and oxygen atoms in total. The molecule has 0 aromatic carbocycles. The first kappa shape index (κ1) is 11.3. The van der Waals surface area contributed by atoms with E-state index in [0.717, 1.165) is 43.1 Å². The number of hydrogen-bond donors (Lipinski definition) is 1. The summed E-state index contributed by atoms with van der Waals surface area (Å²) < 4.78 is 1.86. The first-order valence-corrected chi connectivity index (χ1v) is 6.36. The normalized spacial score (nSPS) is 16.9. The van der Waals surface area contributed by atoms with Crippen molar-refractivity contribution < 1.29 is 0 Å². The monoisotopic (exact) mass is 243 g/mol. The van der Waals surface area contributed by atoms with E-state index in [2.05, 4.69) is 20.4 Å². The molecule has 3 rings (SSSR count). The average molecular weight is 243 g/mol. The van der Waals surface area contributed by atoms with Crippen LogP contribution in [-0.2, 0) is 7.05 Å². The van der Waals surface area contributed by atoms with Crippen molar-refractivity contribution in [2.24, 2.45) is 7.05 Å². The van der Waals surface area contributed by atoms with E-state index in [1.54, 1.807) is 6.20 Å². The van der Waals surface area contributed by atoms with Gasteiger partial charge in [-0.1, -0.05) is 0 Å². The van der Waals surface area contributed by atoms with Crippen LogP contribution in [0.2, 0.25) is 0 Å². The van der Waals surface area contributed by atoms with Crippen molar-refractivity contribution in [3.63, 3.8) is 0 Å². The maximum Gasteiger partial charge on any atom is 0.159 e. The lowest BCUT2D eigenvalue weighted by Crippen LogP contribution is -2.27. The second-order valence-electron chi connectivity index (χ2n) is 4.68. The van der Waals surface area contributed by atoms with Gasteiger partial charge in [0.2, 0.25) is 0 Å². The Labute approximate surface area is 106 Å². The fraction of sp³-hybridized carbons (Fsp3) is 0.462. The van der Waals surface area contributed by atoms with Gasteiger partial charge in [-0.05, 0) is 38.1 Å². The third kappa shape index (κ3) is 2.13. The Bertz CT molecular complexity index is 513. The average Bonchev–Trinajstić information content (AvgIpc) is 2.83. The fourth-order valence-corrected chi connectivity index (χ4v) is 2.40. The second-order valence-corrected chi connectivity index (χ2v) is 4.68. The first-order valence-electron chi connectivity index (χ1n) is 6.36. The molecule has 1 fully saturated rings. The van der Waals surface area contributed by atoms with Gasteiger partial charge in [0.1, 0.15) is 0 Å². The van der Waals surface area contributed by atoms with Crippen molar-refractivity contribution >= 4 is 0 Å². The third-order valence-corrected chi connectivity index (χ3v) is 3.40. The number of nitrogens with one attached hydrogen (secondary N) is 1. The summed E-state index contributed by atoms with van der Waals surface area (Å²) in [5, 5.41) is 7.93. The molecule has 18 heavy (non-hydrogen) atoms. The molecule has 0 atom stereocenters. The molecule has 0 amide bonds. The van der Waals surface area contributed by atoms with E-state index in [4.69, 9.17) is 0 Å². The van der Waals surface area contributed by atoms with Crippen LogP contribution in [0.1, 0.15) is 24.6 Å². The molecule has 94 valence electrons. The maximum atomic E-state index is 4.69. The summed E-state index contributed by atoms with van der Waals surface area (Å²) >= 11 is 0. The van der Waals surface area contributed by atoms with E-state index in [0.29, 0.717) is 5.92 Å². The van der Waals surface area contributed by atoms with Crippen LogP contribution in [0.15, 0.2) is 24.5 Å². The van der Waals surface area contributed by atoms with Gasteiger partial charge in [-0.2, -0.15) is 5.10 Å². The molecule has 0 radical (unpaired) electrons. The molecule has 0 aliphatic carbocycles. The highest BCUT2D eigenvalue weighted by molar-refractivity contribution is 5.53. The van der Waals surface area contributed by atoms with E-state index in [1.807, 2.05) is 30.1 Å². The molecular formula is C13H17N5. The van der Waals surface area contributed by atoms with Crippen LogP contribution >= 0.6 is 0 Å². The van der Waals surface area contributed by atoms with Gasteiger partial charge >= 0.3 is 0 Å². The second kappa shape index (κ2) is 4.86. The van der Waals surface area contributed by atoms with Gasteiger partial charge in [0.15, 0.2) is 11.6 Å². The lowest BCUT2D eigenvalue weighted by Gasteiger charge is -2.19. The molecule has 1 aliphatic heterocycles. The number of hydrogen-bond acceptors (Lipinski definition) is 4. The van der Waals surface area contributed by atoms with Crippen LogP contribution in [0.3, 0.4) is 0 Å². The number of pyridine rings is 1. The number of nitrogens with zero attached hydrogens (tertiary/aromatic N) is 4. The third-order valence-electron chi connectivity index (χ3n) is 3.40. The predicted molar refractivity (Wildman–Crippen MR) is 69.1 cm³/mol. The molecule has 0 spiro atoms. The zero-order valence-electron chi connectivity index (χ0n) is 10.5. The molecule has 2 aromatic rings. The Morgan fingerprint density at radius 2 is 2.17 bits per heavy atom. The van der Waals surface area contributed by atoms with Crippen LogP contribution < -0.4 is 5.32 Å². The van der Waals surface area contributed by atoms with Gasteiger partial charge in [-0.15, -0.1) is 0 Å². The number of rotatable bonds is 2. The van der Waals surface area contributed by atoms with Gasteiger partial charge in [0.05, 0.1) is 0 Å². The zero-order valence-corrected chi connectivity index (χ0v) is 10.5. The van der Waals surface area contributed by atoms with Gasteiger partial charge < -0.3 is 5.32 Å². The van der Waals surface area contributed by atoms with Crippen LogP contribution in [0.4, 0.5) is 0 Å². The molecule has 1 aliphatic rings. The summed E-state index contributed by atoms with van der Waals surface area (Å²) in [7, 11) is 1.94. The highest BCUT2D eigenvalue weighted by Crippen LogP contribution is 2.24. The van der Waals surface area contributed by atoms with Gasteiger partial charge in [0, 0.05) is 30.9 Å². The van der Waals surface area contributed by atoms with E-state index in [-0.39, 0.29) is 0 Å². The van der Waals surface area contributed by atoms with Crippen molar-refractivity contribution in [1.29, 1.82) is 0 Å². The standard InChI is InChI=1S/C13H17N5/c1-18-13(11-3-2-6-15-9-11)16-12(17-18)10-4-7-14-8-5-10/h2-3,6,9-10,14H,4-5,7-8H2,1H3. The van der Waals surface area contributed by atoms with Crippen molar-refractivity contribution in [1.82, 2.24) is 25.1 Å². The summed E-state index contributed by atoms with van der Waals surface area (Å²) in [5.41, 5.74) is 1.02. The Morgan fingerprint density at radius 1 is 1.33 bits per heavy atom. The van der Waals surface area contributed by atoms with Crippen LogP contribution in [0.25, 0.3) is 11.4 Å². The van der Waals surface area contributed by atoms with E-state index >= 15 is 0 Å². The van der Waals surface area contributed by atoms with Crippen molar-refractivity contribution in [3.8, 4) is 11.4 Å². The number of aryl methyl sites for hydroxylation is 1. The quantitative estimate of drug-likeness (QED) is 0.865. The minimum absolute atomic E-state index is 0.489. The van der Waals surface area contributed by atoms with Gasteiger partial charge in [-0.3, -0.25) is 4.98 Å². The van der Waals surface area contributed by atoms with Gasteiger partial charge in [0.25, 0.3) is 0 Å². The van der Waals surface area contributed by atoms with E-state index in [9.17, 15) is 0 Å². The maximum absolute atomic E-state index is 4.69. The van der Waals surface area contributed by atoms with E-state index < -0.39 is 0 Å². The summed E-state index contributed by atoms with van der Waals surface area (Å²) in [6.45, 7) is 2.12. The Kier molecular flexibility index (Phi) is 3.06. The highest BCUT2D eigenvalue weighted by Gasteiger charge is 2.21. The minimum Gasteiger partial charge on any atom is -0.317 e. The predicted octanol–water partition coefficient (Wildman–Crippen LogP) is 1.34. The van der Waals surface area contributed by atoms with Crippen molar-refractivity contribution in [2.45, 2.75) is 18.8 Å². The van der Waals surface area contributed by atoms with Crippen LogP contribution in [-0.4, -0.2) is 32.8 Å². The minimum atomic E-state index is 0.489.